The van der Waals surface area contributed by atoms with E-state index >= 15 is 0 Å². The molecule has 0 aromatic heterocycles. The van der Waals surface area contributed by atoms with Crippen molar-refractivity contribution in [2.24, 2.45) is 17.8 Å². The molecule has 2 atom stereocenters. The SMILES string of the molecule is COc1ccc(S(=O)(=O)NNC(=O)[C@@H](CC(C)C)[C@H](CC=Cc2ccccc2)C(=O)OC(C)(C)C)cc1. The molecule has 0 aliphatic carbocycles. The van der Waals surface area contributed by atoms with E-state index in [1.54, 1.807) is 20.8 Å². The molecule has 0 unspecified atom stereocenters. The van der Waals surface area contributed by atoms with E-state index < -0.39 is 39.3 Å². The molecule has 0 spiro atoms. The molecule has 9 heteroatoms. The highest BCUT2D eigenvalue weighted by Gasteiger charge is 2.36. The number of rotatable bonds is 12. The van der Waals surface area contributed by atoms with E-state index in [1.807, 2.05) is 56.3 Å². The summed E-state index contributed by atoms with van der Waals surface area (Å²) in [5.74, 6) is -2.18. The van der Waals surface area contributed by atoms with Crippen LogP contribution in [0.25, 0.3) is 6.08 Å². The lowest BCUT2D eigenvalue weighted by atomic mass is 9.82. The summed E-state index contributed by atoms with van der Waals surface area (Å²) in [7, 11) is -2.56. The first-order chi connectivity index (χ1) is 17.3. The number of esters is 1. The van der Waals surface area contributed by atoms with Crippen molar-refractivity contribution in [3.05, 3.63) is 66.2 Å². The first-order valence-electron chi connectivity index (χ1n) is 12.2. The summed E-state index contributed by atoms with van der Waals surface area (Å²) >= 11 is 0. The fraction of sp³-hybridized carbons (Fsp3) is 0.429. The quantitative estimate of drug-likeness (QED) is 0.303. The Morgan fingerprint density at radius 2 is 1.59 bits per heavy atom. The number of hydrazine groups is 1. The van der Waals surface area contributed by atoms with Crippen molar-refractivity contribution in [1.29, 1.82) is 0 Å². The van der Waals surface area contributed by atoms with Crippen LogP contribution >= 0.6 is 0 Å². The second kappa shape index (κ2) is 13.4. The molecule has 0 fully saturated rings. The fourth-order valence-electron chi connectivity index (χ4n) is 3.70. The van der Waals surface area contributed by atoms with Crippen LogP contribution in [0, 0.1) is 17.8 Å². The Balaban J connectivity index is 2.27. The maximum absolute atomic E-state index is 13.3. The molecule has 0 radical (unpaired) electrons. The molecule has 2 rings (SSSR count). The number of sulfonamides is 1. The molecule has 37 heavy (non-hydrogen) atoms. The molecular weight excluding hydrogens is 492 g/mol. The minimum absolute atomic E-state index is 0.0384. The van der Waals surface area contributed by atoms with Crippen LogP contribution < -0.4 is 15.0 Å². The van der Waals surface area contributed by atoms with Gasteiger partial charge in [-0.25, -0.2) is 8.42 Å². The lowest BCUT2D eigenvalue weighted by Crippen LogP contribution is -2.48. The summed E-state index contributed by atoms with van der Waals surface area (Å²) in [6.07, 6.45) is 4.33. The van der Waals surface area contributed by atoms with Gasteiger partial charge in [-0.2, -0.15) is 0 Å². The Morgan fingerprint density at radius 1 is 0.973 bits per heavy atom. The van der Waals surface area contributed by atoms with Crippen LogP contribution in [0.2, 0.25) is 0 Å². The van der Waals surface area contributed by atoms with Crippen LogP contribution in [0.1, 0.15) is 53.0 Å². The van der Waals surface area contributed by atoms with Crippen molar-refractivity contribution < 1.29 is 27.5 Å². The molecule has 0 bridgehead atoms. The molecule has 2 aromatic rings. The summed E-state index contributed by atoms with van der Waals surface area (Å²) < 4.78 is 36.2. The molecule has 1 amide bonds. The monoisotopic (exact) mass is 530 g/mol. The second-order valence-corrected chi connectivity index (χ2v) is 11.9. The number of methoxy groups -OCH3 is 1. The van der Waals surface area contributed by atoms with E-state index in [0.717, 1.165) is 5.56 Å². The Kier molecular flexibility index (Phi) is 10.9. The number of carbonyl (C=O) groups is 2. The number of hydrogen-bond acceptors (Lipinski definition) is 6. The van der Waals surface area contributed by atoms with E-state index in [0.29, 0.717) is 12.2 Å². The van der Waals surface area contributed by atoms with Gasteiger partial charge in [0.1, 0.15) is 11.4 Å². The van der Waals surface area contributed by atoms with Gasteiger partial charge in [0.05, 0.1) is 23.8 Å². The van der Waals surface area contributed by atoms with Gasteiger partial charge in [0, 0.05) is 0 Å². The van der Waals surface area contributed by atoms with Gasteiger partial charge in [0.25, 0.3) is 10.0 Å². The van der Waals surface area contributed by atoms with Gasteiger partial charge in [-0.15, -0.1) is 4.83 Å². The molecule has 0 saturated carbocycles. The topological polar surface area (TPSA) is 111 Å². The highest BCUT2D eigenvalue weighted by Crippen LogP contribution is 2.28. The Labute approximate surface area is 220 Å². The maximum atomic E-state index is 13.3. The summed E-state index contributed by atoms with van der Waals surface area (Å²) in [6.45, 7) is 9.17. The zero-order valence-electron chi connectivity index (χ0n) is 22.4. The lowest BCUT2D eigenvalue weighted by Gasteiger charge is -2.29. The summed E-state index contributed by atoms with van der Waals surface area (Å²) in [6, 6.07) is 15.4. The Bertz CT molecular complexity index is 1150. The van der Waals surface area contributed by atoms with Crippen LogP contribution in [-0.4, -0.2) is 33.0 Å². The molecule has 202 valence electrons. The van der Waals surface area contributed by atoms with E-state index in [1.165, 1.54) is 31.4 Å². The van der Waals surface area contributed by atoms with E-state index in [2.05, 4.69) is 10.3 Å². The van der Waals surface area contributed by atoms with Gasteiger partial charge in [-0.3, -0.25) is 15.0 Å². The molecular formula is C28H38N2O6S. The van der Waals surface area contributed by atoms with Crippen LogP contribution in [-0.2, 0) is 24.3 Å². The van der Waals surface area contributed by atoms with Gasteiger partial charge < -0.3 is 9.47 Å². The molecule has 0 aliphatic heterocycles. The molecule has 0 saturated heterocycles. The molecule has 0 heterocycles. The highest BCUT2D eigenvalue weighted by molar-refractivity contribution is 7.89. The van der Waals surface area contributed by atoms with Crippen LogP contribution in [0.15, 0.2) is 65.6 Å². The number of benzene rings is 2. The fourth-order valence-corrected chi connectivity index (χ4v) is 4.55. The van der Waals surface area contributed by atoms with Crippen LogP contribution in [0.3, 0.4) is 0 Å². The summed E-state index contributed by atoms with van der Waals surface area (Å²) in [5, 5.41) is 0. The normalized spacial score (nSPS) is 13.8. The van der Waals surface area contributed by atoms with Crippen molar-refractivity contribution in [3.8, 4) is 5.75 Å². The van der Waals surface area contributed by atoms with Crippen molar-refractivity contribution in [2.45, 2.75) is 58.0 Å². The molecule has 2 N–H and O–H groups in total. The van der Waals surface area contributed by atoms with Gasteiger partial charge in [0.2, 0.25) is 5.91 Å². The Morgan fingerprint density at radius 3 is 2.14 bits per heavy atom. The third-order valence-electron chi connectivity index (χ3n) is 5.44. The zero-order valence-corrected chi connectivity index (χ0v) is 23.2. The predicted octanol–water partition coefficient (Wildman–Crippen LogP) is 4.73. The van der Waals surface area contributed by atoms with Crippen molar-refractivity contribution in [2.75, 3.05) is 7.11 Å². The maximum Gasteiger partial charge on any atom is 0.310 e. The number of allylic oxidation sites excluding steroid dienone is 1. The number of carbonyl (C=O) groups excluding carboxylic acids is 2. The van der Waals surface area contributed by atoms with Crippen molar-refractivity contribution in [1.82, 2.24) is 10.3 Å². The van der Waals surface area contributed by atoms with E-state index in [4.69, 9.17) is 9.47 Å². The number of ether oxygens (including phenoxy) is 2. The van der Waals surface area contributed by atoms with E-state index in [9.17, 15) is 18.0 Å². The minimum Gasteiger partial charge on any atom is -0.497 e. The van der Waals surface area contributed by atoms with Gasteiger partial charge in [-0.05, 0) is 69.4 Å². The standard InChI is InChI=1S/C28H38N2O6S/c1-20(2)19-25(26(31)29-30-37(33,34)23-17-15-22(35-6)16-18-23)24(27(32)36-28(3,4)5)14-10-13-21-11-8-7-9-12-21/h7-13,15-18,20,24-25,30H,14,19H2,1-6H3,(H,29,31)/t24-,25-/m0/s1. The minimum atomic E-state index is -4.04. The summed E-state index contributed by atoms with van der Waals surface area (Å²) in [4.78, 5) is 28.7. The number of amides is 1. The number of hydrogen-bond donors (Lipinski definition) is 2. The summed E-state index contributed by atoms with van der Waals surface area (Å²) in [5.41, 5.74) is 2.54. The molecule has 2 aromatic carbocycles. The Hall–Kier alpha value is -3.17. The van der Waals surface area contributed by atoms with Gasteiger partial charge >= 0.3 is 5.97 Å². The highest BCUT2D eigenvalue weighted by atomic mass is 32.2. The smallest absolute Gasteiger partial charge is 0.310 e. The van der Waals surface area contributed by atoms with Crippen molar-refractivity contribution in [3.63, 3.8) is 0 Å². The second-order valence-electron chi connectivity index (χ2n) is 10.2. The largest absolute Gasteiger partial charge is 0.497 e. The first kappa shape index (κ1) is 30.1. The molecule has 0 aliphatic rings. The number of nitrogens with one attached hydrogen (secondary N) is 2. The zero-order chi connectivity index (χ0) is 27.6. The van der Waals surface area contributed by atoms with Gasteiger partial charge in [-0.1, -0.05) is 56.3 Å². The van der Waals surface area contributed by atoms with Gasteiger partial charge in [0.15, 0.2) is 0 Å². The third kappa shape index (κ3) is 10.0. The van der Waals surface area contributed by atoms with Crippen molar-refractivity contribution >= 4 is 28.0 Å². The lowest BCUT2D eigenvalue weighted by molar-refractivity contribution is -0.164. The first-order valence-corrected chi connectivity index (χ1v) is 13.7. The van der Waals surface area contributed by atoms with Crippen LogP contribution in [0.5, 0.6) is 5.75 Å². The third-order valence-corrected chi connectivity index (χ3v) is 6.70. The predicted molar refractivity (Wildman–Crippen MR) is 144 cm³/mol. The average molecular weight is 531 g/mol. The molecule has 8 nitrogen and oxygen atoms in total. The average Bonchev–Trinajstić information content (AvgIpc) is 2.83. The van der Waals surface area contributed by atoms with Crippen LogP contribution in [0.4, 0.5) is 0 Å². The van der Waals surface area contributed by atoms with E-state index in [-0.39, 0.29) is 17.2 Å².